The number of hydrogen-bond acceptors (Lipinski definition) is 3. The predicted molar refractivity (Wildman–Crippen MR) is 148 cm³/mol. The van der Waals surface area contributed by atoms with E-state index < -0.39 is 0 Å². The molecule has 2 aliphatic rings. The van der Waals surface area contributed by atoms with Gasteiger partial charge in [-0.2, -0.15) is 0 Å². The number of halogens is 4. The van der Waals surface area contributed by atoms with E-state index >= 15 is 0 Å². The van der Waals surface area contributed by atoms with Gasteiger partial charge in [0, 0.05) is 17.4 Å². The maximum absolute atomic E-state index is 6.40. The van der Waals surface area contributed by atoms with E-state index in [1.165, 1.54) is 0 Å². The summed E-state index contributed by atoms with van der Waals surface area (Å²) in [5.41, 5.74) is 5.97. The molecule has 176 valence electrons. The van der Waals surface area contributed by atoms with Gasteiger partial charge in [-0.1, -0.05) is 58.5 Å². The van der Waals surface area contributed by atoms with E-state index in [1.807, 2.05) is 68.4 Å². The van der Waals surface area contributed by atoms with Crippen molar-refractivity contribution in [1.82, 2.24) is 9.55 Å². The summed E-state index contributed by atoms with van der Waals surface area (Å²) in [4.78, 5) is 9.83. The number of hydrogen-bond donors (Lipinski definition) is 1. The first-order valence-corrected chi connectivity index (χ1v) is 12.5. The molecular weight excluding hydrogens is 522 g/mol. The van der Waals surface area contributed by atoms with Gasteiger partial charge in [0.15, 0.2) is 0 Å². The van der Waals surface area contributed by atoms with Crippen LogP contribution in [0.5, 0.6) is 0 Å². The fourth-order valence-electron chi connectivity index (χ4n) is 3.96. The summed E-state index contributed by atoms with van der Waals surface area (Å²) in [6.07, 6.45) is 0. The molecule has 0 unspecified atom stereocenters. The van der Waals surface area contributed by atoms with Gasteiger partial charge in [0.05, 0.1) is 53.6 Å². The highest BCUT2D eigenvalue weighted by atomic mass is 35.5. The lowest BCUT2D eigenvalue weighted by molar-refractivity contribution is 0.806. The summed E-state index contributed by atoms with van der Waals surface area (Å²) in [7, 11) is 0. The fourth-order valence-corrected chi connectivity index (χ4v) is 4.55. The van der Waals surface area contributed by atoms with Crippen LogP contribution < -0.4 is 10.7 Å². The average Bonchev–Trinajstić information content (AvgIpc) is 2.82. The summed E-state index contributed by atoms with van der Waals surface area (Å²) in [5.74, 6) is 0. The number of anilines is 2. The molecule has 0 saturated heterocycles. The first-order chi connectivity index (χ1) is 16.8. The lowest BCUT2D eigenvalue weighted by Crippen LogP contribution is -2.16. The summed E-state index contributed by atoms with van der Waals surface area (Å²) >= 11 is 25.0. The van der Waals surface area contributed by atoms with E-state index in [0.29, 0.717) is 20.1 Å². The van der Waals surface area contributed by atoms with Crippen molar-refractivity contribution in [2.75, 3.05) is 5.32 Å². The molecule has 5 rings (SSSR count). The molecule has 0 bridgehead atoms. The number of nitrogens with zero attached hydrogens (tertiary/aromatic N) is 3. The number of aromatic nitrogens is 2. The van der Waals surface area contributed by atoms with Crippen LogP contribution in [0.4, 0.5) is 11.4 Å². The minimum Gasteiger partial charge on any atom is -0.354 e. The van der Waals surface area contributed by atoms with Gasteiger partial charge in [0.25, 0.3) is 0 Å². The van der Waals surface area contributed by atoms with Gasteiger partial charge in [-0.25, -0.2) is 4.98 Å². The highest BCUT2D eigenvalue weighted by Gasteiger charge is 2.17. The quantitative estimate of drug-likeness (QED) is 0.231. The molecule has 35 heavy (non-hydrogen) atoms. The van der Waals surface area contributed by atoms with Crippen molar-refractivity contribution in [2.24, 2.45) is 4.99 Å². The topological polar surface area (TPSA) is 42.2 Å². The molecule has 0 radical (unpaired) electrons. The lowest BCUT2D eigenvalue weighted by atomic mass is 10.1. The third kappa shape index (κ3) is 4.85. The van der Waals surface area contributed by atoms with E-state index in [1.54, 1.807) is 18.2 Å². The normalized spacial score (nSPS) is 12.1. The predicted octanol–water partition coefficient (Wildman–Crippen LogP) is 8.80. The summed E-state index contributed by atoms with van der Waals surface area (Å²) < 4.78 is 2.13. The first-order valence-electron chi connectivity index (χ1n) is 11.0. The van der Waals surface area contributed by atoms with Gasteiger partial charge < -0.3 is 9.88 Å². The molecule has 0 amide bonds. The standard InChI is InChI=1S/C27H20Cl4N4/c1-15(2)32-24-14-27-25(13-23(24)33-16-7-9-18(28)20(30)11-16)34-22-5-3-4-6-26(22)35(27)17-8-10-19(29)21(31)12-17/h3-15,33H,1-2H3. The smallest absolute Gasteiger partial charge is 0.0900 e. The van der Waals surface area contributed by atoms with Crippen molar-refractivity contribution in [3.8, 4) is 17.1 Å². The van der Waals surface area contributed by atoms with Crippen LogP contribution in [0.25, 0.3) is 28.1 Å². The van der Waals surface area contributed by atoms with Crippen molar-refractivity contribution >= 4 is 68.8 Å². The van der Waals surface area contributed by atoms with Crippen molar-refractivity contribution in [1.29, 1.82) is 0 Å². The second-order valence-corrected chi connectivity index (χ2v) is 10.00. The third-order valence-electron chi connectivity index (χ3n) is 5.45. The van der Waals surface area contributed by atoms with Gasteiger partial charge in [-0.05, 0) is 74.5 Å². The number of benzene rings is 4. The van der Waals surface area contributed by atoms with E-state index in [0.717, 1.165) is 44.8 Å². The van der Waals surface area contributed by atoms with E-state index in [9.17, 15) is 0 Å². The zero-order valence-electron chi connectivity index (χ0n) is 18.9. The Morgan fingerprint density at radius 1 is 0.800 bits per heavy atom. The highest BCUT2D eigenvalue weighted by Crippen LogP contribution is 2.33. The highest BCUT2D eigenvalue weighted by molar-refractivity contribution is 6.42. The van der Waals surface area contributed by atoms with Crippen LogP contribution in [0.3, 0.4) is 0 Å². The molecule has 3 aromatic carbocycles. The zero-order chi connectivity index (χ0) is 24.7. The van der Waals surface area contributed by atoms with Gasteiger partial charge in [-0.15, -0.1) is 0 Å². The van der Waals surface area contributed by atoms with Gasteiger partial charge in [-0.3, -0.25) is 4.99 Å². The molecule has 1 N–H and O–H groups in total. The third-order valence-corrected chi connectivity index (χ3v) is 6.93. The van der Waals surface area contributed by atoms with Crippen molar-refractivity contribution in [2.45, 2.75) is 19.9 Å². The van der Waals surface area contributed by atoms with Gasteiger partial charge >= 0.3 is 0 Å². The Balaban J connectivity index is 1.81. The van der Waals surface area contributed by atoms with E-state index in [2.05, 4.69) is 9.88 Å². The molecule has 4 nitrogen and oxygen atoms in total. The first kappa shape index (κ1) is 24.0. The lowest BCUT2D eigenvalue weighted by Gasteiger charge is -2.21. The molecule has 8 heteroatoms. The van der Waals surface area contributed by atoms with Crippen LogP contribution in [-0.4, -0.2) is 15.6 Å². The molecule has 0 fully saturated rings. The molecule has 0 aromatic heterocycles. The molecule has 0 spiro atoms. The maximum atomic E-state index is 6.40. The molecule has 1 heterocycles. The Morgan fingerprint density at radius 3 is 2.23 bits per heavy atom. The van der Waals surface area contributed by atoms with Crippen LogP contribution in [0, 0.1) is 0 Å². The van der Waals surface area contributed by atoms with Crippen molar-refractivity contribution in [3.05, 3.63) is 98.2 Å². The minimum atomic E-state index is 0.0775. The largest absolute Gasteiger partial charge is 0.354 e. The summed E-state index contributed by atoms with van der Waals surface area (Å²) in [6, 6.07) is 23.1. The Kier molecular flexibility index (Phi) is 6.65. The van der Waals surface area contributed by atoms with E-state index in [4.69, 9.17) is 56.4 Å². The van der Waals surface area contributed by atoms with Crippen LogP contribution >= 0.6 is 46.4 Å². The Morgan fingerprint density at radius 2 is 1.51 bits per heavy atom. The average molecular weight is 542 g/mol. The van der Waals surface area contributed by atoms with Crippen LogP contribution in [0.1, 0.15) is 13.8 Å². The monoisotopic (exact) mass is 540 g/mol. The van der Waals surface area contributed by atoms with Gasteiger partial charge in [0.1, 0.15) is 0 Å². The second-order valence-electron chi connectivity index (χ2n) is 8.37. The summed E-state index contributed by atoms with van der Waals surface area (Å²) in [6.45, 7) is 4.08. The molecule has 3 aromatic rings. The summed E-state index contributed by atoms with van der Waals surface area (Å²) in [5, 5.41) is 6.19. The number of rotatable bonds is 4. The Hall–Kier alpha value is -2.76. The van der Waals surface area contributed by atoms with E-state index in [-0.39, 0.29) is 6.04 Å². The second kappa shape index (κ2) is 9.71. The molecule has 1 aliphatic carbocycles. The number of fused-ring (bicyclic) bond motifs is 2. The number of nitrogens with one attached hydrogen (secondary N) is 1. The number of para-hydroxylation sites is 2. The molecule has 1 aliphatic heterocycles. The fraction of sp³-hybridized carbons (Fsp3) is 0.111. The zero-order valence-corrected chi connectivity index (χ0v) is 21.9. The molecule has 0 atom stereocenters. The molecular formula is C27H20Cl4N4. The van der Waals surface area contributed by atoms with Crippen molar-refractivity contribution in [3.63, 3.8) is 0 Å². The Bertz CT molecular complexity index is 1610. The van der Waals surface area contributed by atoms with Crippen LogP contribution in [0.15, 0.2) is 77.8 Å². The minimum absolute atomic E-state index is 0.0775. The van der Waals surface area contributed by atoms with Crippen LogP contribution in [0.2, 0.25) is 20.1 Å². The molecule has 0 saturated carbocycles. The van der Waals surface area contributed by atoms with Crippen molar-refractivity contribution < 1.29 is 0 Å². The Labute approximate surface area is 223 Å². The van der Waals surface area contributed by atoms with Crippen LogP contribution in [-0.2, 0) is 0 Å². The maximum Gasteiger partial charge on any atom is 0.0900 e. The SMILES string of the molecule is CC(C)N=c1cc2n(-c3ccc(Cl)c(Cl)c3)c3ccccc3nc-2cc1Nc1ccc(Cl)c(Cl)c1. The van der Waals surface area contributed by atoms with Gasteiger partial charge in [0.2, 0.25) is 0 Å².